The Labute approximate surface area is 155 Å². The molecule has 0 aliphatic heterocycles. The van der Waals surface area contributed by atoms with E-state index in [0.717, 1.165) is 15.1 Å². The molecule has 2 N–H and O–H groups in total. The van der Waals surface area contributed by atoms with Gasteiger partial charge in [0.15, 0.2) is 0 Å². The number of aromatic nitrogens is 2. The van der Waals surface area contributed by atoms with Crippen LogP contribution in [0.2, 0.25) is 0 Å². The van der Waals surface area contributed by atoms with E-state index in [2.05, 4.69) is 10.4 Å². The van der Waals surface area contributed by atoms with Gasteiger partial charge in [0.25, 0.3) is 5.56 Å². The van der Waals surface area contributed by atoms with Crippen molar-refractivity contribution < 1.29 is 14.7 Å². The molecule has 2 rings (SSSR count). The SMILES string of the molecule is CSc1ccc(-c2ccc(=O)n(CC(=O)N[C@@H](C(=O)O)C(C)C)n2)cc1. The highest BCUT2D eigenvalue weighted by Crippen LogP contribution is 2.20. The number of hydrogen-bond acceptors (Lipinski definition) is 5. The van der Waals surface area contributed by atoms with Crippen LogP contribution in [0.1, 0.15) is 13.8 Å². The van der Waals surface area contributed by atoms with Crippen molar-refractivity contribution in [3.63, 3.8) is 0 Å². The van der Waals surface area contributed by atoms with E-state index in [0.29, 0.717) is 5.69 Å². The number of carbonyl (C=O) groups is 2. The Hall–Kier alpha value is -2.61. The maximum atomic E-state index is 12.1. The van der Waals surface area contributed by atoms with E-state index in [9.17, 15) is 14.4 Å². The van der Waals surface area contributed by atoms with Crippen LogP contribution in [0, 0.1) is 5.92 Å². The lowest BCUT2D eigenvalue weighted by atomic mass is 10.1. The summed E-state index contributed by atoms with van der Waals surface area (Å²) in [4.78, 5) is 36.4. The molecule has 1 amide bonds. The quantitative estimate of drug-likeness (QED) is 0.716. The second-order valence-corrected chi connectivity index (χ2v) is 6.95. The van der Waals surface area contributed by atoms with Crippen LogP contribution in [-0.2, 0) is 16.1 Å². The normalized spacial score (nSPS) is 12.0. The summed E-state index contributed by atoms with van der Waals surface area (Å²) in [5.41, 5.74) is 0.951. The van der Waals surface area contributed by atoms with E-state index in [1.807, 2.05) is 30.5 Å². The van der Waals surface area contributed by atoms with Gasteiger partial charge in [-0.05, 0) is 30.4 Å². The van der Waals surface area contributed by atoms with E-state index >= 15 is 0 Å². The molecular formula is C18H21N3O4S. The molecule has 1 aromatic carbocycles. The lowest BCUT2D eigenvalue weighted by Crippen LogP contribution is -2.46. The average Bonchev–Trinajstić information content (AvgIpc) is 2.61. The summed E-state index contributed by atoms with van der Waals surface area (Å²) in [6, 6.07) is 9.60. The number of nitrogens with one attached hydrogen (secondary N) is 1. The summed E-state index contributed by atoms with van der Waals surface area (Å²) >= 11 is 1.62. The standard InChI is InChI=1S/C18H21N3O4S/c1-11(2)17(18(24)25)19-15(22)10-21-16(23)9-8-14(20-21)12-4-6-13(26-3)7-5-12/h4-9,11,17H,10H2,1-3H3,(H,19,22)(H,24,25)/t17-/m1/s1. The van der Waals surface area contributed by atoms with Gasteiger partial charge in [0, 0.05) is 16.5 Å². The van der Waals surface area contributed by atoms with Crippen LogP contribution in [0.15, 0.2) is 46.1 Å². The van der Waals surface area contributed by atoms with Crippen molar-refractivity contribution in [2.75, 3.05) is 6.26 Å². The maximum absolute atomic E-state index is 12.1. The Bertz CT molecular complexity index is 846. The molecule has 0 fully saturated rings. The van der Waals surface area contributed by atoms with Gasteiger partial charge in [-0.1, -0.05) is 26.0 Å². The molecule has 1 atom stereocenters. The third-order valence-electron chi connectivity index (χ3n) is 3.79. The van der Waals surface area contributed by atoms with Gasteiger partial charge in [-0.25, -0.2) is 9.48 Å². The van der Waals surface area contributed by atoms with Gasteiger partial charge in [-0.15, -0.1) is 11.8 Å². The van der Waals surface area contributed by atoms with E-state index in [1.54, 1.807) is 31.7 Å². The Morgan fingerprint density at radius 3 is 2.38 bits per heavy atom. The van der Waals surface area contributed by atoms with Crippen molar-refractivity contribution in [2.24, 2.45) is 5.92 Å². The van der Waals surface area contributed by atoms with Crippen LogP contribution in [0.4, 0.5) is 0 Å². The number of amides is 1. The fourth-order valence-corrected chi connectivity index (χ4v) is 2.75. The zero-order chi connectivity index (χ0) is 19.3. The monoisotopic (exact) mass is 375 g/mol. The van der Waals surface area contributed by atoms with Crippen molar-refractivity contribution in [1.82, 2.24) is 15.1 Å². The molecule has 0 spiro atoms. The molecule has 0 aliphatic rings. The first-order chi connectivity index (χ1) is 12.3. The van der Waals surface area contributed by atoms with Gasteiger partial charge in [0.2, 0.25) is 5.91 Å². The molecule has 2 aromatic rings. The van der Waals surface area contributed by atoms with Crippen LogP contribution >= 0.6 is 11.8 Å². The van der Waals surface area contributed by atoms with Crippen molar-refractivity contribution in [3.8, 4) is 11.3 Å². The van der Waals surface area contributed by atoms with Crippen molar-refractivity contribution in [1.29, 1.82) is 0 Å². The van der Waals surface area contributed by atoms with Crippen molar-refractivity contribution >= 4 is 23.6 Å². The topological polar surface area (TPSA) is 101 Å². The van der Waals surface area contributed by atoms with E-state index in [1.165, 1.54) is 6.07 Å². The molecule has 0 saturated heterocycles. The predicted molar refractivity (Wildman–Crippen MR) is 100 cm³/mol. The Balaban J connectivity index is 2.20. The summed E-state index contributed by atoms with van der Waals surface area (Å²) in [7, 11) is 0. The third-order valence-corrected chi connectivity index (χ3v) is 4.54. The van der Waals surface area contributed by atoms with Crippen molar-refractivity contribution in [3.05, 3.63) is 46.8 Å². The first-order valence-corrected chi connectivity index (χ1v) is 9.29. The van der Waals surface area contributed by atoms with Gasteiger partial charge in [0.05, 0.1) is 5.69 Å². The largest absolute Gasteiger partial charge is 0.480 e. The molecule has 8 heteroatoms. The minimum Gasteiger partial charge on any atom is -0.480 e. The Morgan fingerprint density at radius 1 is 1.19 bits per heavy atom. The zero-order valence-electron chi connectivity index (χ0n) is 14.8. The van der Waals surface area contributed by atoms with Gasteiger partial charge < -0.3 is 10.4 Å². The molecule has 7 nitrogen and oxygen atoms in total. The third kappa shape index (κ3) is 4.95. The highest BCUT2D eigenvalue weighted by Gasteiger charge is 2.23. The van der Waals surface area contributed by atoms with Crippen LogP contribution in [0.3, 0.4) is 0 Å². The number of aliphatic carboxylic acids is 1. The zero-order valence-corrected chi connectivity index (χ0v) is 15.6. The number of rotatable bonds is 7. The average molecular weight is 375 g/mol. The lowest BCUT2D eigenvalue weighted by Gasteiger charge is -2.18. The molecular weight excluding hydrogens is 354 g/mol. The number of carbonyl (C=O) groups excluding carboxylic acids is 1. The molecule has 0 radical (unpaired) electrons. The minimum absolute atomic E-state index is 0.276. The van der Waals surface area contributed by atoms with Crippen LogP contribution < -0.4 is 10.9 Å². The lowest BCUT2D eigenvalue weighted by molar-refractivity contribution is -0.143. The van der Waals surface area contributed by atoms with Crippen molar-refractivity contribution in [2.45, 2.75) is 31.3 Å². The van der Waals surface area contributed by atoms with Gasteiger partial charge in [-0.2, -0.15) is 5.10 Å². The van der Waals surface area contributed by atoms with Gasteiger partial charge in [-0.3, -0.25) is 9.59 Å². The Morgan fingerprint density at radius 2 is 1.85 bits per heavy atom. The fourth-order valence-electron chi connectivity index (χ4n) is 2.35. The summed E-state index contributed by atoms with van der Waals surface area (Å²) in [6.45, 7) is 3.05. The smallest absolute Gasteiger partial charge is 0.326 e. The number of nitrogens with zero attached hydrogens (tertiary/aromatic N) is 2. The first kappa shape index (κ1) is 19.7. The van der Waals surface area contributed by atoms with Gasteiger partial charge >= 0.3 is 5.97 Å². The van der Waals surface area contributed by atoms with E-state index < -0.39 is 23.5 Å². The molecule has 1 aromatic heterocycles. The summed E-state index contributed by atoms with van der Waals surface area (Å²) in [6.07, 6.45) is 1.98. The van der Waals surface area contributed by atoms with Gasteiger partial charge in [0.1, 0.15) is 12.6 Å². The molecule has 26 heavy (non-hydrogen) atoms. The van der Waals surface area contributed by atoms with E-state index in [4.69, 9.17) is 5.11 Å². The molecule has 0 aliphatic carbocycles. The molecule has 0 bridgehead atoms. The second-order valence-electron chi connectivity index (χ2n) is 6.07. The van der Waals surface area contributed by atoms with Crippen LogP contribution in [0.5, 0.6) is 0 Å². The summed E-state index contributed by atoms with van der Waals surface area (Å²) < 4.78 is 1.03. The highest BCUT2D eigenvalue weighted by molar-refractivity contribution is 7.98. The molecule has 1 heterocycles. The molecule has 138 valence electrons. The highest BCUT2D eigenvalue weighted by atomic mass is 32.2. The number of carboxylic acid groups (broad SMARTS) is 1. The molecule has 0 unspecified atom stereocenters. The fraction of sp³-hybridized carbons (Fsp3) is 0.333. The molecule has 0 saturated carbocycles. The first-order valence-electron chi connectivity index (χ1n) is 8.06. The predicted octanol–water partition coefficient (Wildman–Crippen LogP) is 1.86. The number of hydrogen-bond donors (Lipinski definition) is 2. The number of benzene rings is 1. The maximum Gasteiger partial charge on any atom is 0.326 e. The second kappa shape index (κ2) is 8.66. The number of thioether (sulfide) groups is 1. The van der Waals surface area contributed by atoms with Crippen LogP contribution in [-0.4, -0.2) is 39.1 Å². The van der Waals surface area contributed by atoms with Crippen LogP contribution in [0.25, 0.3) is 11.3 Å². The number of carboxylic acids is 1. The summed E-state index contributed by atoms with van der Waals surface area (Å²) in [5, 5.41) is 15.8. The minimum atomic E-state index is -1.11. The summed E-state index contributed by atoms with van der Waals surface area (Å²) in [5.74, 6) is -1.96. The Kier molecular flexibility index (Phi) is 6.57. The van der Waals surface area contributed by atoms with E-state index in [-0.39, 0.29) is 12.5 Å².